The highest BCUT2D eigenvalue weighted by molar-refractivity contribution is 5.12. The Hall–Kier alpha value is -0.930. The van der Waals surface area contributed by atoms with E-state index in [0.717, 1.165) is 25.1 Å². The van der Waals surface area contributed by atoms with Gasteiger partial charge in [-0.2, -0.15) is 0 Å². The molecule has 0 radical (unpaired) electrons. The van der Waals surface area contributed by atoms with Gasteiger partial charge in [-0.25, -0.2) is 0 Å². The van der Waals surface area contributed by atoms with Crippen LogP contribution in [-0.2, 0) is 6.54 Å². The van der Waals surface area contributed by atoms with Crippen LogP contribution in [0.25, 0.3) is 0 Å². The van der Waals surface area contributed by atoms with Gasteiger partial charge in [0.25, 0.3) is 0 Å². The zero-order valence-corrected chi connectivity index (χ0v) is 10.9. The Bertz CT molecular complexity index is 339. The number of nitrogens with zero attached hydrogens (tertiary/aromatic N) is 2. The largest absolute Gasteiger partial charge is 0.328 e. The summed E-state index contributed by atoms with van der Waals surface area (Å²) < 4.78 is 0. The van der Waals surface area contributed by atoms with Crippen molar-refractivity contribution in [2.75, 3.05) is 7.05 Å². The molecule has 0 spiro atoms. The van der Waals surface area contributed by atoms with E-state index in [4.69, 9.17) is 5.73 Å². The maximum atomic E-state index is 5.94. The van der Waals surface area contributed by atoms with Crippen LogP contribution in [-0.4, -0.2) is 29.0 Å². The molecule has 17 heavy (non-hydrogen) atoms. The first-order valence-electron chi connectivity index (χ1n) is 6.52. The summed E-state index contributed by atoms with van der Waals surface area (Å²) in [5.41, 5.74) is 8.32. The standard InChI is InChI=1S/C14H23N3/c1-11-3-6-13(16-9-11)10-17(2)14-7-4-12(15)5-8-14/h3,6,9,12,14H,4-5,7-8,10,15H2,1-2H3. The zero-order valence-electron chi connectivity index (χ0n) is 10.9. The molecular formula is C14H23N3. The molecule has 0 aliphatic heterocycles. The van der Waals surface area contributed by atoms with Gasteiger partial charge >= 0.3 is 0 Å². The van der Waals surface area contributed by atoms with E-state index in [1.54, 1.807) is 0 Å². The number of aromatic nitrogens is 1. The Morgan fingerprint density at radius 1 is 1.29 bits per heavy atom. The van der Waals surface area contributed by atoms with Gasteiger partial charge in [0.2, 0.25) is 0 Å². The van der Waals surface area contributed by atoms with Crippen LogP contribution in [0.1, 0.15) is 36.9 Å². The van der Waals surface area contributed by atoms with Crippen molar-refractivity contribution in [3.8, 4) is 0 Å². The lowest BCUT2D eigenvalue weighted by atomic mass is 9.91. The summed E-state index contributed by atoms with van der Waals surface area (Å²) in [4.78, 5) is 6.88. The molecular weight excluding hydrogens is 210 g/mol. The van der Waals surface area contributed by atoms with Crippen LogP contribution in [0.15, 0.2) is 18.3 Å². The molecule has 2 rings (SSSR count). The van der Waals surface area contributed by atoms with Crippen LogP contribution in [0.2, 0.25) is 0 Å². The van der Waals surface area contributed by atoms with Crippen LogP contribution >= 0.6 is 0 Å². The molecule has 1 aromatic heterocycles. The summed E-state index contributed by atoms with van der Waals surface area (Å²) in [6.45, 7) is 3.02. The number of rotatable bonds is 3. The first-order chi connectivity index (χ1) is 8.15. The normalized spacial score (nSPS) is 25.2. The van der Waals surface area contributed by atoms with Crippen LogP contribution in [0.3, 0.4) is 0 Å². The number of pyridine rings is 1. The molecule has 0 saturated heterocycles. The molecule has 1 fully saturated rings. The van der Waals surface area contributed by atoms with Gasteiger partial charge in [0.1, 0.15) is 0 Å². The van der Waals surface area contributed by atoms with E-state index in [1.165, 1.54) is 18.4 Å². The van der Waals surface area contributed by atoms with Crippen molar-refractivity contribution < 1.29 is 0 Å². The Morgan fingerprint density at radius 3 is 2.59 bits per heavy atom. The van der Waals surface area contributed by atoms with Gasteiger partial charge in [0.15, 0.2) is 0 Å². The van der Waals surface area contributed by atoms with Crippen LogP contribution in [0.5, 0.6) is 0 Å². The Labute approximate surface area is 104 Å². The summed E-state index contributed by atoms with van der Waals surface area (Å²) >= 11 is 0. The molecule has 1 aromatic rings. The molecule has 0 amide bonds. The quantitative estimate of drug-likeness (QED) is 0.869. The first kappa shape index (κ1) is 12.5. The average molecular weight is 233 g/mol. The second-order valence-corrected chi connectivity index (χ2v) is 5.31. The van der Waals surface area contributed by atoms with Crippen molar-refractivity contribution >= 4 is 0 Å². The number of nitrogens with two attached hydrogens (primary N) is 1. The van der Waals surface area contributed by atoms with Gasteiger partial charge in [-0.1, -0.05) is 6.07 Å². The molecule has 1 heterocycles. The fourth-order valence-electron chi connectivity index (χ4n) is 2.52. The second-order valence-electron chi connectivity index (χ2n) is 5.31. The SMILES string of the molecule is Cc1ccc(CN(C)C2CCC(N)CC2)nc1. The molecule has 1 saturated carbocycles. The van der Waals surface area contributed by atoms with Crippen molar-refractivity contribution in [3.63, 3.8) is 0 Å². The van der Waals surface area contributed by atoms with Crippen LogP contribution in [0, 0.1) is 6.92 Å². The fourth-order valence-corrected chi connectivity index (χ4v) is 2.52. The minimum Gasteiger partial charge on any atom is -0.328 e. The summed E-state index contributed by atoms with van der Waals surface area (Å²) in [7, 11) is 2.20. The second kappa shape index (κ2) is 5.61. The summed E-state index contributed by atoms with van der Waals surface area (Å²) in [5.74, 6) is 0. The van der Waals surface area contributed by atoms with E-state index in [1.807, 2.05) is 6.20 Å². The molecule has 1 aliphatic rings. The summed E-state index contributed by atoms with van der Waals surface area (Å²) in [5, 5.41) is 0. The molecule has 3 heteroatoms. The smallest absolute Gasteiger partial charge is 0.0544 e. The van der Waals surface area contributed by atoms with E-state index >= 15 is 0 Å². The third-order valence-electron chi connectivity index (χ3n) is 3.75. The van der Waals surface area contributed by atoms with E-state index < -0.39 is 0 Å². The fraction of sp³-hybridized carbons (Fsp3) is 0.643. The molecule has 3 nitrogen and oxygen atoms in total. The van der Waals surface area contributed by atoms with E-state index in [-0.39, 0.29) is 0 Å². The average Bonchev–Trinajstić information content (AvgIpc) is 2.33. The molecule has 0 unspecified atom stereocenters. The van der Waals surface area contributed by atoms with Gasteiger partial charge in [-0.05, 0) is 51.3 Å². The monoisotopic (exact) mass is 233 g/mol. The van der Waals surface area contributed by atoms with Crippen LogP contribution < -0.4 is 5.73 Å². The van der Waals surface area contributed by atoms with Crippen molar-refractivity contribution in [3.05, 3.63) is 29.6 Å². The lowest BCUT2D eigenvalue weighted by molar-refractivity contribution is 0.174. The van der Waals surface area contributed by atoms with Gasteiger partial charge < -0.3 is 5.73 Å². The summed E-state index contributed by atoms with van der Waals surface area (Å²) in [6.07, 6.45) is 6.72. The third-order valence-corrected chi connectivity index (χ3v) is 3.75. The van der Waals surface area contributed by atoms with Gasteiger partial charge in [-0.3, -0.25) is 9.88 Å². The maximum Gasteiger partial charge on any atom is 0.0544 e. The van der Waals surface area contributed by atoms with Crippen LogP contribution in [0.4, 0.5) is 0 Å². The molecule has 2 N–H and O–H groups in total. The Morgan fingerprint density at radius 2 is 2.00 bits per heavy atom. The third kappa shape index (κ3) is 3.51. The molecule has 1 aliphatic carbocycles. The predicted molar refractivity (Wildman–Crippen MR) is 70.7 cm³/mol. The first-order valence-corrected chi connectivity index (χ1v) is 6.52. The molecule has 0 atom stereocenters. The number of aryl methyl sites for hydroxylation is 1. The van der Waals surface area contributed by atoms with Crippen molar-refractivity contribution in [1.29, 1.82) is 0 Å². The number of hydrogen-bond donors (Lipinski definition) is 1. The highest BCUT2D eigenvalue weighted by atomic mass is 15.1. The molecule has 0 aromatic carbocycles. The topological polar surface area (TPSA) is 42.1 Å². The van der Waals surface area contributed by atoms with E-state index in [0.29, 0.717) is 12.1 Å². The number of hydrogen-bond acceptors (Lipinski definition) is 3. The maximum absolute atomic E-state index is 5.94. The highest BCUT2D eigenvalue weighted by Crippen LogP contribution is 2.22. The minimum absolute atomic E-state index is 0.428. The molecule has 0 bridgehead atoms. The van der Waals surface area contributed by atoms with E-state index in [2.05, 4.69) is 36.0 Å². The van der Waals surface area contributed by atoms with Crippen molar-refractivity contribution in [2.45, 2.75) is 51.2 Å². The van der Waals surface area contributed by atoms with Gasteiger partial charge in [-0.15, -0.1) is 0 Å². The van der Waals surface area contributed by atoms with Crippen molar-refractivity contribution in [2.24, 2.45) is 5.73 Å². The molecule has 94 valence electrons. The Kier molecular flexibility index (Phi) is 4.13. The predicted octanol–water partition coefficient (Wildman–Crippen LogP) is 2.09. The summed E-state index contributed by atoms with van der Waals surface area (Å²) in [6, 6.07) is 5.36. The minimum atomic E-state index is 0.428. The van der Waals surface area contributed by atoms with Gasteiger partial charge in [0.05, 0.1) is 5.69 Å². The zero-order chi connectivity index (χ0) is 12.3. The Balaban J connectivity index is 1.88. The van der Waals surface area contributed by atoms with Gasteiger partial charge in [0, 0.05) is 24.8 Å². The van der Waals surface area contributed by atoms with E-state index in [9.17, 15) is 0 Å². The lowest BCUT2D eigenvalue weighted by Gasteiger charge is -2.33. The highest BCUT2D eigenvalue weighted by Gasteiger charge is 2.21. The van der Waals surface area contributed by atoms with Crippen molar-refractivity contribution in [1.82, 2.24) is 9.88 Å². The lowest BCUT2D eigenvalue weighted by Crippen LogP contribution is -2.38.